The van der Waals surface area contributed by atoms with Crippen LogP contribution in [0.5, 0.6) is 0 Å². The third kappa shape index (κ3) is 4.09. The number of piperidine rings is 1. The number of carbonyl (C=O) groups is 2. The minimum atomic E-state index is -0.818. The number of carboxylic acids is 1. The Hall–Kier alpha value is -1.30. The van der Waals surface area contributed by atoms with E-state index < -0.39 is 17.0 Å². The molecule has 1 saturated heterocycles. The van der Waals surface area contributed by atoms with Crippen molar-refractivity contribution in [3.8, 4) is 0 Å². The van der Waals surface area contributed by atoms with E-state index in [4.69, 9.17) is 10.5 Å². The molecule has 1 aliphatic heterocycles. The Morgan fingerprint density at radius 1 is 1.32 bits per heavy atom. The van der Waals surface area contributed by atoms with Gasteiger partial charge in [-0.05, 0) is 46.6 Å². The standard InChI is InChI=1S/C13H24N2O4/c1-12(2,3)19-11(18)15-8-5-13(4-7-14,6-9-15)10(16)17/h4-9,14H2,1-3H3,(H,16,17). The number of hydrogen-bond acceptors (Lipinski definition) is 4. The Bertz CT molecular complexity index is 341. The lowest BCUT2D eigenvalue weighted by atomic mass is 9.76. The van der Waals surface area contributed by atoms with Gasteiger partial charge < -0.3 is 20.5 Å². The Morgan fingerprint density at radius 2 is 1.84 bits per heavy atom. The van der Waals surface area contributed by atoms with Crippen LogP contribution < -0.4 is 5.73 Å². The largest absolute Gasteiger partial charge is 0.481 e. The van der Waals surface area contributed by atoms with Crippen LogP contribution in [0.1, 0.15) is 40.0 Å². The van der Waals surface area contributed by atoms with Gasteiger partial charge in [0.05, 0.1) is 5.41 Å². The molecule has 0 unspecified atom stereocenters. The summed E-state index contributed by atoms with van der Waals surface area (Å²) in [5.74, 6) is -0.818. The highest BCUT2D eigenvalue weighted by Crippen LogP contribution is 2.35. The second-order valence-electron chi connectivity index (χ2n) is 6.09. The summed E-state index contributed by atoms with van der Waals surface area (Å²) in [5.41, 5.74) is 4.17. The maximum Gasteiger partial charge on any atom is 0.410 e. The van der Waals surface area contributed by atoms with Gasteiger partial charge in [0.1, 0.15) is 5.60 Å². The number of carboxylic acid groups (broad SMARTS) is 1. The molecule has 6 heteroatoms. The van der Waals surface area contributed by atoms with Gasteiger partial charge in [0.2, 0.25) is 0 Å². The molecule has 1 heterocycles. The van der Waals surface area contributed by atoms with Gasteiger partial charge in [0.15, 0.2) is 0 Å². The van der Waals surface area contributed by atoms with Crippen molar-refractivity contribution in [1.29, 1.82) is 0 Å². The quantitative estimate of drug-likeness (QED) is 0.811. The zero-order valence-electron chi connectivity index (χ0n) is 11.9. The Morgan fingerprint density at radius 3 is 2.21 bits per heavy atom. The molecule has 1 aliphatic rings. The lowest BCUT2D eigenvalue weighted by Gasteiger charge is -2.39. The molecule has 0 spiro atoms. The first-order valence-corrected chi connectivity index (χ1v) is 6.62. The topological polar surface area (TPSA) is 92.9 Å². The van der Waals surface area contributed by atoms with Crippen LogP contribution in [0.2, 0.25) is 0 Å². The second-order valence-corrected chi connectivity index (χ2v) is 6.09. The van der Waals surface area contributed by atoms with Crippen molar-refractivity contribution < 1.29 is 19.4 Å². The van der Waals surface area contributed by atoms with Crippen LogP contribution in [0.3, 0.4) is 0 Å². The van der Waals surface area contributed by atoms with Crippen molar-refractivity contribution in [2.24, 2.45) is 11.1 Å². The van der Waals surface area contributed by atoms with E-state index in [1.165, 1.54) is 0 Å². The minimum Gasteiger partial charge on any atom is -0.481 e. The van der Waals surface area contributed by atoms with Gasteiger partial charge in [-0.15, -0.1) is 0 Å². The smallest absolute Gasteiger partial charge is 0.410 e. The van der Waals surface area contributed by atoms with Crippen LogP contribution in [-0.4, -0.2) is 47.3 Å². The molecule has 0 atom stereocenters. The van der Waals surface area contributed by atoms with Crippen LogP contribution in [0, 0.1) is 5.41 Å². The summed E-state index contributed by atoms with van der Waals surface area (Å²) in [6.07, 6.45) is 0.932. The normalized spacial score (nSPS) is 19.1. The molecule has 0 aromatic heterocycles. The molecular formula is C13H24N2O4. The number of likely N-dealkylation sites (tertiary alicyclic amines) is 1. The Labute approximate surface area is 113 Å². The molecule has 0 aromatic carbocycles. The van der Waals surface area contributed by atoms with Crippen LogP contribution >= 0.6 is 0 Å². The monoisotopic (exact) mass is 272 g/mol. The molecule has 0 bridgehead atoms. The zero-order chi connectivity index (χ0) is 14.7. The fourth-order valence-corrected chi connectivity index (χ4v) is 2.29. The van der Waals surface area contributed by atoms with Gasteiger partial charge in [-0.25, -0.2) is 4.79 Å². The molecule has 3 N–H and O–H groups in total. The Balaban J connectivity index is 2.61. The van der Waals surface area contributed by atoms with Crippen molar-refractivity contribution in [2.45, 2.75) is 45.6 Å². The van der Waals surface area contributed by atoms with Crippen molar-refractivity contribution in [1.82, 2.24) is 4.90 Å². The summed E-state index contributed by atoms with van der Waals surface area (Å²) in [7, 11) is 0. The molecule has 1 rings (SSSR count). The van der Waals surface area contributed by atoms with E-state index in [1.54, 1.807) is 4.90 Å². The molecule has 19 heavy (non-hydrogen) atoms. The van der Waals surface area contributed by atoms with E-state index >= 15 is 0 Å². The van der Waals surface area contributed by atoms with Gasteiger partial charge >= 0.3 is 12.1 Å². The van der Waals surface area contributed by atoms with Crippen LogP contribution in [-0.2, 0) is 9.53 Å². The van der Waals surface area contributed by atoms with Crippen molar-refractivity contribution in [3.63, 3.8) is 0 Å². The highest BCUT2D eigenvalue weighted by Gasteiger charge is 2.42. The predicted molar refractivity (Wildman–Crippen MR) is 70.8 cm³/mol. The number of amides is 1. The molecule has 0 aromatic rings. The molecule has 0 radical (unpaired) electrons. The zero-order valence-corrected chi connectivity index (χ0v) is 11.9. The summed E-state index contributed by atoms with van der Waals surface area (Å²) in [6.45, 7) is 6.58. The molecular weight excluding hydrogens is 248 g/mol. The number of ether oxygens (including phenoxy) is 1. The Kier molecular flexibility index (Phi) is 4.79. The maximum atomic E-state index is 11.9. The fraction of sp³-hybridized carbons (Fsp3) is 0.846. The number of aliphatic carboxylic acids is 1. The van der Waals surface area contributed by atoms with E-state index in [9.17, 15) is 14.7 Å². The lowest BCUT2D eigenvalue weighted by molar-refractivity contribution is -0.152. The van der Waals surface area contributed by atoms with E-state index in [0.717, 1.165) is 0 Å². The molecule has 0 aliphatic carbocycles. The lowest BCUT2D eigenvalue weighted by Crippen LogP contribution is -2.48. The van der Waals surface area contributed by atoms with Crippen molar-refractivity contribution in [3.05, 3.63) is 0 Å². The van der Waals surface area contributed by atoms with Gasteiger partial charge in [-0.2, -0.15) is 0 Å². The molecule has 110 valence electrons. The van der Waals surface area contributed by atoms with E-state index in [2.05, 4.69) is 0 Å². The SMILES string of the molecule is CC(C)(C)OC(=O)N1CCC(CCN)(C(=O)O)CC1. The van der Waals surface area contributed by atoms with Gasteiger partial charge in [-0.1, -0.05) is 0 Å². The van der Waals surface area contributed by atoms with Crippen LogP contribution in [0.25, 0.3) is 0 Å². The molecule has 1 amide bonds. The maximum absolute atomic E-state index is 11.9. The van der Waals surface area contributed by atoms with Gasteiger partial charge in [0, 0.05) is 13.1 Å². The second kappa shape index (κ2) is 5.77. The highest BCUT2D eigenvalue weighted by atomic mass is 16.6. The van der Waals surface area contributed by atoms with Gasteiger partial charge in [-0.3, -0.25) is 4.79 Å². The number of rotatable bonds is 3. The third-order valence-corrected chi connectivity index (χ3v) is 3.45. The van der Waals surface area contributed by atoms with Crippen molar-refractivity contribution in [2.75, 3.05) is 19.6 Å². The summed E-state index contributed by atoms with van der Waals surface area (Å²) < 4.78 is 5.28. The summed E-state index contributed by atoms with van der Waals surface area (Å²) in [5, 5.41) is 9.34. The summed E-state index contributed by atoms with van der Waals surface area (Å²) in [6, 6.07) is 0. The van der Waals surface area contributed by atoms with E-state index in [1.807, 2.05) is 20.8 Å². The third-order valence-electron chi connectivity index (χ3n) is 3.45. The number of carbonyl (C=O) groups excluding carboxylic acids is 1. The molecule has 0 saturated carbocycles. The van der Waals surface area contributed by atoms with Crippen molar-refractivity contribution >= 4 is 12.1 Å². The summed E-state index contributed by atoms with van der Waals surface area (Å²) >= 11 is 0. The van der Waals surface area contributed by atoms with E-state index in [0.29, 0.717) is 38.9 Å². The summed E-state index contributed by atoms with van der Waals surface area (Å²) in [4.78, 5) is 24.8. The number of nitrogens with two attached hydrogens (primary N) is 1. The van der Waals surface area contributed by atoms with Crippen LogP contribution in [0.15, 0.2) is 0 Å². The molecule has 1 fully saturated rings. The number of nitrogens with zero attached hydrogens (tertiary/aromatic N) is 1. The average molecular weight is 272 g/mol. The van der Waals surface area contributed by atoms with E-state index in [-0.39, 0.29) is 6.09 Å². The fourth-order valence-electron chi connectivity index (χ4n) is 2.29. The predicted octanol–water partition coefficient (Wildman–Crippen LogP) is 1.44. The first-order chi connectivity index (χ1) is 8.70. The minimum absolute atomic E-state index is 0.346. The average Bonchev–Trinajstić information content (AvgIpc) is 2.27. The van der Waals surface area contributed by atoms with Crippen LogP contribution in [0.4, 0.5) is 4.79 Å². The molecule has 6 nitrogen and oxygen atoms in total. The van der Waals surface area contributed by atoms with Gasteiger partial charge in [0.25, 0.3) is 0 Å². The first-order valence-electron chi connectivity index (χ1n) is 6.62. The highest BCUT2D eigenvalue weighted by molar-refractivity contribution is 5.75. The number of hydrogen-bond donors (Lipinski definition) is 2. The first kappa shape index (κ1) is 15.8.